The van der Waals surface area contributed by atoms with Crippen molar-refractivity contribution in [1.29, 1.82) is 0 Å². The molecule has 0 amide bonds. The van der Waals surface area contributed by atoms with Gasteiger partial charge < -0.3 is 9.84 Å². The number of pyridine rings is 1. The van der Waals surface area contributed by atoms with E-state index >= 15 is 0 Å². The minimum atomic E-state index is -0.997. The fraction of sp³-hybridized carbons (Fsp3) is 0.143. The summed E-state index contributed by atoms with van der Waals surface area (Å²) in [6.45, 7) is 1.82. The molecule has 0 fully saturated rings. The van der Waals surface area contributed by atoms with Crippen LogP contribution in [-0.2, 0) is 0 Å². The van der Waals surface area contributed by atoms with E-state index in [9.17, 15) is 9.90 Å². The van der Waals surface area contributed by atoms with Gasteiger partial charge in [0, 0.05) is 23.0 Å². The van der Waals surface area contributed by atoms with Gasteiger partial charge in [-0.15, -0.1) is 0 Å². The van der Waals surface area contributed by atoms with Gasteiger partial charge in [-0.1, -0.05) is 18.2 Å². The summed E-state index contributed by atoms with van der Waals surface area (Å²) in [5.41, 5.74) is 2.31. The van der Waals surface area contributed by atoms with Crippen LogP contribution in [0, 0.1) is 6.92 Å². The lowest BCUT2D eigenvalue weighted by Gasteiger charge is -2.11. The molecule has 0 bridgehead atoms. The van der Waals surface area contributed by atoms with E-state index in [4.69, 9.17) is 4.74 Å². The van der Waals surface area contributed by atoms with Gasteiger partial charge in [-0.2, -0.15) is 0 Å². The fourth-order valence-corrected chi connectivity index (χ4v) is 1.82. The third kappa shape index (κ3) is 2.18. The highest BCUT2D eigenvalue weighted by atomic mass is 16.5. The molecule has 1 N–H and O–H groups in total. The molecular weight excluding hydrogens is 230 g/mol. The second-order valence-electron chi connectivity index (χ2n) is 3.88. The maximum atomic E-state index is 11.2. The number of hydrogen-bond donors (Lipinski definition) is 1. The zero-order chi connectivity index (χ0) is 13.1. The Hall–Kier alpha value is -2.36. The third-order valence-electron chi connectivity index (χ3n) is 2.67. The normalized spacial score (nSPS) is 10.1. The number of benzene rings is 1. The summed E-state index contributed by atoms with van der Waals surface area (Å²) in [5, 5.41) is 9.20. The largest absolute Gasteiger partial charge is 0.496 e. The van der Waals surface area contributed by atoms with Crippen LogP contribution in [0.1, 0.15) is 16.1 Å². The molecule has 2 rings (SSSR count). The molecule has 0 saturated heterocycles. The molecule has 1 heterocycles. The summed E-state index contributed by atoms with van der Waals surface area (Å²) in [6.07, 6.45) is 1.37. The van der Waals surface area contributed by atoms with Crippen LogP contribution in [0.25, 0.3) is 11.1 Å². The van der Waals surface area contributed by atoms with Crippen LogP contribution in [-0.4, -0.2) is 23.2 Å². The predicted octanol–water partition coefficient (Wildman–Crippen LogP) is 2.76. The lowest BCUT2D eigenvalue weighted by Crippen LogP contribution is -2.02. The molecule has 0 atom stereocenters. The average molecular weight is 243 g/mol. The second kappa shape index (κ2) is 4.87. The molecular formula is C14H13NO3. The zero-order valence-corrected chi connectivity index (χ0v) is 10.2. The first-order chi connectivity index (χ1) is 8.63. The fourth-order valence-electron chi connectivity index (χ4n) is 1.82. The summed E-state index contributed by atoms with van der Waals surface area (Å²) in [6, 6.07) is 9.08. The molecule has 1 aromatic carbocycles. The molecule has 1 aromatic heterocycles. The van der Waals surface area contributed by atoms with Crippen molar-refractivity contribution >= 4 is 5.97 Å². The number of aromatic carboxylic acids is 1. The number of carbonyl (C=O) groups is 1. The number of para-hydroxylation sites is 1. The summed E-state index contributed by atoms with van der Waals surface area (Å²) in [4.78, 5) is 15.2. The van der Waals surface area contributed by atoms with Crippen LogP contribution >= 0.6 is 0 Å². The SMILES string of the molecule is COc1ccccc1-c1cc(C)ncc1C(=O)O. The third-order valence-corrected chi connectivity index (χ3v) is 2.67. The molecule has 0 aliphatic heterocycles. The number of rotatable bonds is 3. The molecule has 0 radical (unpaired) electrons. The van der Waals surface area contributed by atoms with Crippen molar-refractivity contribution in [3.05, 3.63) is 47.8 Å². The van der Waals surface area contributed by atoms with E-state index in [0.717, 1.165) is 11.3 Å². The number of hydrogen-bond acceptors (Lipinski definition) is 3. The standard InChI is InChI=1S/C14H13NO3/c1-9-7-11(12(8-15-9)14(16)17)10-5-3-4-6-13(10)18-2/h3-8H,1-2H3,(H,16,17). The van der Waals surface area contributed by atoms with Gasteiger partial charge in [-0.25, -0.2) is 4.79 Å². The number of aryl methyl sites for hydroxylation is 1. The van der Waals surface area contributed by atoms with Gasteiger partial charge in [-0.3, -0.25) is 4.98 Å². The van der Waals surface area contributed by atoms with E-state index < -0.39 is 5.97 Å². The highest BCUT2D eigenvalue weighted by Crippen LogP contribution is 2.32. The smallest absolute Gasteiger partial charge is 0.337 e. The van der Waals surface area contributed by atoms with Crippen molar-refractivity contribution in [1.82, 2.24) is 4.98 Å². The maximum Gasteiger partial charge on any atom is 0.337 e. The molecule has 4 nitrogen and oxygen atoms in total. The Morgan fingerprint density at radius 3 is 2.67 bits per heavy atom. The number of methoxy groups -OCH3 is 1. The first-order valence-corrected chi connectivity index (χ1v) is 5.47. The van der Waals surface area contributed by atoms with Crippen LogP contribution in [0.3, 0.4) is 0 Å². The van der Waals surface area contributed by atoms with Crippen molar-refractivity contribution in [3.8, 4) is 16.9 Å². The van der Waals surface area contributed by atoms with Gasteiger partial charge in [0.15, 0.2) is 0 Å². The van der Waals surface area contributed by atoms with Crippen LogP contribution in [0.2, 0.25) is 0 Å². The monoisotopic (exact) mass is 243 g/mol. The van der Waals surface area contributed by atoms with Gasteiger partial charge in [-0.05, 0) is 19.1 Å². The van der Waals surface area contributed by atoms with Crippen molar-refractivity contribution in [2.24, 2.45) is 0 Å². The van der Waals surface area contributed by atoms with Crippen LogP contribution in [0.15, 0.2) is 36.5 Å². The number of carboxylic acids is 1. The molecule has 18 heavy (non-hydrogen) atoms. The number of nitrogens with zero attached hydrogens (tertiary/aromatic N) is 1. The lowest BCUT2D eigenvalue weighted by molar-refractivity contribution is 0.0697. The lowest BCUT2D eigenvalue weighted by atomic mass is 10.00. The summed E-state index contributed by atoms with van der Waals surface area (Å²) in [5.74, 6) is -0.353. The summed E-state index contributed by atoms with van der Waals surface area (Å²) in [7, 11) is 1.56. The van der Waals surface area contributed by atoms with Gasteiger partial charge in [0.2, 0.25) is 0 Å². The van der Waals surface area contributed by atoms with Crippen molar-refractivity contribution in [2.75, 3.05) is 7.11 Å². The zero-order valence-electron chi connectivity index (χ0n) is 10.2. The Balaban J connectivity index is 2.69. The van der Waals surface area contributed by atoms with E-state index in [0.29, 0.717) is 11.3 Å². The molecule has 0 aliphatic rings. The van der Waals surface area contributed by atoms with Gasteiger partial charge in [0.25, 0.3) is 0 Å². The minimum absolute atomic E-state index is 0.171. The molecule has 0 aliphatic carbocycles. The maximum absolute atomic E-state index is 11.2. The summed E-state index contributed by atoms with van der Waals surface area (Å²) >= 11 is 0. The Labute approximate surface area is 105 Å². The van der Waals surface area contributed by atoms with Crippen LogP contribution in [0.4, 0.5) is 0 Å². The van der Waals surface area contributed by atoms with E-state index in [1.165, 1.54) is 6.20 Å². The van der Waals surface area contributed by atoms with Gasteiger partial charge >= 0.3 is 5.97 Å². The topological polar surface area (TPSA) is 59.4 Å². The highest BCUT2D eigenvalue weighted by molar-refractivity contribution is 5.96. The van der Waals surface area contributed by atoms with Gasteiger partial charge in [0.1, 0.15) is 5.75 Å². The quantitative estimate of drug-likeness (QED) is 0.900. The number of carboxylic acid groups (broad SMARTS) is 1. The molecule has 0 unspecified atom stereocenters. The van der Waals surface area contributed by atoms with Gasteiger partial charge in [0.05, 0.1) is 12.7 Å². The first kappa shape index (κ1) is 12.1. The molecule has 2 aromatic rings. The van der Waals surface area contributed by atoms with Crippen LogP contribution < -0.4 is 4.74 Å². The Morgan fingerprint density at radius 1 is 1.28 bits per heavy atom. The first-order valence-electron chi connectivity index (χ1n) is 5.47. The number of aromatic nitrogens is 1. The Morgan fingerprint density at radius 2 is 2.00 bits per heavy atom. The molecule has 0 spiro atoms. The highest BCUT2D eigenvalue weighted by Gasteiger charge is 2.15. The minimum Gasteiger partial charge on any atom is -0.496 e. The Bertz CT molecular complexity index is 593. The summed E-state index contributed by atoms with van der Waals surface area (Å²) < 4.78 is 5.26. The predicted molar refractivity (Wildman–Crippen MR) is 67.9 cm³/mol. The van der Waals surface area contributed by atoms with Crippen molar-refractivity contribution in [3.63, 3.8) is 0 Å². The van der Waals surface area contributed by atoms with E-state index in [2.05, 4.69) is 4.98 Å². The van der Waals surface area contributed by atoms with Crippen LogP contribution in [0.5, 0.6) is 5.75 Å². The Kier molecular flexibility index (Phi) is 3.28. The second-order valence-corrected chi connectivity index (χ2v) is 3.88. The van der Waals surface area contributed by atoms with Crippen molar-refractivity contribution in [2.45, 2.75) is 6.92 Å². The average Bonchev–Trinajstić information content (AvgIpc) is 2.38. The molecule has 4 heteroatoms. The molecule has 92 valence electrons. The molecule has 0 saturated carbocycles. The van der Waals surface area contributed by atoms with E-state index in [1.54, 1.807) is 19.2 Å². The number of ether oxygens (including phenoxy) is 1. The van der Waals surface area contributed by atoms with Crippen molar-refractivity contribution < 1.29 is 14.6 Å². The van der Waals surface area contributed by atoms with E-state index in [1.807, 2.05) is 25.1 Å². The van der Waals surface area contributed by atoms with E-state index in [-0.39, 0.29) is 5.56 Å².